The Morgan fingerprint density at radius 3 is 2.55 bits per heavy atom. The van der Waals surface area contributed by atoms with Crippen LogP contribution >= 0.6 is 23.8 Å². The van der Waals surface area contributed by atoms with Gasteiger partial charge in [-0.05, 0) is 49.8 Å². The third-order valence-electron chi connectivity index (χ3n) is 3.43. The van der Waals surface area contributed by atoms with Gasteiger partial charge in [-0.25, -0.2) is 0 Å². The van der Waals surface area contributed by atoms with Gasteiger partial charge in [-0.1, -0.05) is 41.9 Å². The molecule has 2 rings (SSSR count). The molecule has 0 amide bonds. The standard InChI is InChI=1S/C17H19ClN2OS/c1-3-19-16(22)20-15-10-9-13(18)11-14(15)17(2,21)12-7-5-4-6-8-12/h4-11,21H,3H2,1-2H3,(H2,19,20,22)/t17-/m1/s1. The number of aliphatic hydroxyl groups is 1. The summed E-state index contributed by atoms with van der Waals surface area (Å²) in [5.41, 5.74) is 1.00. The lowest BCUT2D eigenvalue weighted by Gasteiger charge is -2.27. The Hall–Kier alpha value is -1.62. The Kier molecular flexibility index (Phi) is 5.40. The molecule has 0 spiro atoms. The van der Waals surface area contributed by atoms with Crippen molar-refractivity contribution >= 4 is 34.6 Å². The number of thiocarbonyl (C=S) groups is 1. The van der Waals surface area contributed by atoms with Crippen LogP contribution in [0.2, 0.25) is 5.02 Å². The molecule has 0 aliphatic carbocycles. The van der Waals surface area contributed by atoms with Gasteiger partial charge in [0.25, 0.3) is 0 Å². The molecule has 2 aromatic rings. The number of rotatable bonds is 4. The highest BCUT2D eigenvalue weighted by molar-refractivity contribution is 7.80. The van der Waals surface area contributed by atoms with Gasteiger partial charge in [0, 0.05) is 22.8 Å². The molecule has 0 aliphatic rings. The lowest BCUT2D eigenvalue weighted by molar-refractivity contribution is 0.103. The second kappa shape index (κ2) is 7.09. The summed E-state index contributed by atoms with van der Waals surface area (Å²) in [5.74, 6) is 0. The van der Waals surface area contributed by atoms with Crippen molar-refractivity contribution in [3.05, 3.63) is 64.7 Å². The van der Waals surface area contributed by atoms with Crippen LogP contribution in [0.5, 0.6) is 0 Å². The zero-order valence-corrected chi connectivity index (χ0v) is 14.1. The normalized spacial score (nSPS) is 13.3. The van der Waals surface area contributed by atoms with Crippen molar-refractivity contribution in [3.8, 4) is 0 Å². The first-order chi connectivity index (χ1) is 10.4. The molecule has 0 saturated carbocycles. The van der Waals surface area contributed by atoms with Gasteiger partial charge in [-0.3, -0.25) is 0 Å². The van der Waals surface area contributed by atoms with Gasteiger partial charge in [-0.2, -0.15) is 0 Å². The van der Waals surface area contributed by atoms with E-state index < -0.39 is 5.60 Å². The number of anilines is 1. The zero-order valence-electron chi connectivity index (χ0n) is 12.6. The van der Waals surface area contributed by atoms with Crippen LogP contribution in [0.1, 0.15) is 25.0 Å². The van der Waals surface area contributed by atoms with Crippen molar-refractivity contribution in [2.24, 2.45) is 0 Å². The highest BCUT2D eigenvalue weighted by atomic mass is 35.5. The van der Waals surface area contributed by atoms with Gasteiger partial charge >= 0.3 is 0 Å². The van der Waals surface area contributed by atoms with Crippen LogP contribution in [0.4, 0.5) is 5.69 Å². The maximum absolute atomic E-state index is 11.0. The largest absolute Gasteiger partial charge is 0.381 e. The second-order valence-corrected chi connectivity index (χ2v) is 5.96. The first-order valence-corrected chi connectivity index (χ1v) is 7.86. The Balaban J connectivity index is 2.44. The Morgan fingerprint density at radius 1 is 1.23 bits per heavy atom. The fourth-order valence-electron chi connectivity index (χ4n) is 2.27. The molecule has 0 saturated heterocycles. The van der Waals surface area contributed by atoms with E-state index >= 15 is 0 Å². The number of hydrogen-bond donors (Lipinski definition) is 3. The van der Waals surface area contributed by atoms with Crippen molar-refractivity contribution < 1.29 is 5.11 Å². The molecule has 3 N–H and O–H groups in total. The maximum Gasteiger partial charge on any atom is 0.170 e. The minimum Gasteiger partial charge on any atom is -0.381 e. The van der Waals surface area contributed by atoms with E-state index in [1.165, 1.54) is 0 Å². The van der Waals surface area contributed by atoms with E-state index in [1.807, 2.05) is 43.3 Å². The molecule has 0 aromatic heterocycles. The molecule has 0 unspecified atom stereocenters. The molecule has 2 aromatic carbocycles. The van der Waals surface area contributed by atoms with E-state index in [0.717, 1.165) is 17.8 Å². The van der Waals surface area contributed by atoms with Crippen molar-refractivity contribution in [2.45, 2.75) is 19.4 Å². The molecule has 116 valence electrons. The van der Waals surface area contributed by atoms with Crippen LogP contribution in [0.3, 0.4) is 0 Å². The van der Waals surface area contributed by atoms with Gasteiger partial charge in [-0.15, -0.1) is 0 Å². The first-order valence-electron chi connectivity index (χ1n) is 7.08. The molecule has 0 bridgehead atoms. The SMILES string of the molecule is CCNC(=S)Nc1ccc(Cl)cc1[C@](C)(O)c1ccccc1. The molecule has 1 atom stereocenters. The molecule has 22 heavy (non-hydrogen) atoms. The third kappa shape index (κ3) is 3.77. The fraction of sp³-hybridized carbons (Fsp3) is 0.235. The van der Waals surface area contributed by atoms with E-state index in [0.29, 0.717) is 15.7 Å². The van der Waals surface area contributed by atoms with Crippen LogP contribution in [0, 0.1) is 0 Å². The molecule has 0 radical (unpaired) electrons. The van der Waals surface area contributed by atoms with Crippen LogP contribution < -0.4 is 10.6 Å². The highest BCUT2D eigenvalue weighted by Gasteiger charge is 2.28. The van der Waals surface area contributed by atoms with E-state index in [-0.39, 0.29) is 0 Å². The topological polar surface area (TPSA) is 44.3 Å². The van der Waals surface area contributed by atoms with Gasteiger partial charge in [0.05, 0.1) is 0 Å². The van der Waals surface area contributed by atoms with E-state index in [4.69, 9.17) is 23.8 Å². The number of benzene rings is 2. The second-order valence-electron chi connectivity index (χ2n) is 5.11. The van der Waals surface area contributed by atoms with Crippen molar-refractivity contribution in [1.82, 2.24) is 5.32 Å². The van der Waals surface area contributed by atoms with Crippen molar-refractivity contribution in [1.29, 1.82) is 0 Å². The quantitative estimate of drug-likeness (QED) is 0.742. The smallest absolute Gasteiger partial charge is 0.170 e. The average molecular weight is 335 g/mol. The molecule has 3 nitrogen and oxygen atoms in total. The molecule has 5 heteroatoms. The summed E-state index contributed by atoms with van der Waals surface area (Å²) >= 11 is 11.4. The van der Waals surface area contributed by atoms with Gasteiger partial charge in [0.15, 0.2) is 5.11 Å². The monoisotopic (exact) mass is 334 g/mol. The average Bonchev–Trinajstić information content (AvgIpc) is 2.50. The van der Waals surface area contributed by atoms with Gasteiger partial charge < -0.3 is 15.7 Å². The summed E-state index contributed by atoms with van der Waals surface area (Å²) in [7, 11) is 0. The van der Waals surface area contributed by atoms with Crippen LogP contribution in [0.25, 0.3) is 0 Å². The molecule has 0 heterocycles. The molecule has 0 fully saturated rings. The van der Waals surface area contributed by atoms with E-state index in [2.05, 4.69) is 10.6 Å². The molecular formula is C17H19ClN2OS. The lowest BCUT2D eigenvalue weighted by Crippen LogP contribution is -2.30. The van der Waals surface area contributed by atoms with Crippen molar-refractivity contribution in [2.75, 3.05) is 11.9 Å². The third-order valence-corrected chi connectivity index (χ3v) is 3.91. The molecular weight excluding hydrogens is 316 g/mol. The lowest BCUT2D eigenvalue weighted by atomic mass is 9.87. The summed E-state index contributed by atoms with van der Waals surface area (Å²) < 4.78 is 0. The predicted octanol–water partition coefficient (Wildman–Crippen LogP) is 3.90. The van der Waals surface area contributed by atoms with Gasteiger partial charge in [0.2, 0.25) is 0 Å². The Labute approximate surface area is 141 Å². The van der Waals surface area contributed by atoms with Crippen LogP contribution in [-0.4, -0.2) is 16.8 Å². The minimum absolute atomic E-state index is 0.509. The number of nitrogens with one attached hydrogen (secondary N) is 2. The number of hydrogen-bond acceptors (Lipinski definition) is 2. The van der Waals surface area contributed by atoms with Crippen molar-refractivity contribution in [3.63, 3.8) is 0 Å². The minimum atomic E-state index is -1.18. The van der Waals surface area contributed by atoms with Crippen LogP contribution in [-0.2, 0) is 5.60 Å². The fourth-order valence-corrected chi connectivity index (χ4v) is 2.70. The molecule has 0 aliphatic heterocycles. The summed E-state index contributed by atoms with van der Waals surface area (Å²) in [6.45, 7) is 4.44. The highest BCUT2D eigenvalue weighted by Crippen LogP contribution is 2.35. The Morgan fingerprint density at radius 2 is 1.91 bits per heavy atom. The summed E-state index contributed by atoms with van der Waals surface area (Å²) in [6, 6.07) is 14.8. The van der Waals surface area contributed by atoms with E-state index in [1.54, 1.807) is 19.1 Å². The first kappa shape index (κ1) is 16.7. The Bertz CT molecular complexity index is 659. The maximum atomic E-state index is 11.0. The van der Waals surface area contributed by atoms with E-state index in [9.17, 15) is 5.11 Å². The summed E-state index contributed by atoms with van der Waals surface area (Å²) in [6.07, 6.45) is 0. The van der Waals surface area contributed by atoms with Crippen LogP contribution in [0.15, 0.2) is 48.5 Å². The zero-order chi connectivity index (χ0) is 16.2. The summed E-state index contributed by atoms with van der Waals surface area (Å²) in [4.78, 5) is 0. The number of halogens is 1. The van der Waals surface area contributed by atoms with Gasteiger partial charge in [0.1, 0.15) is 5.60 Å². The predicted molar refractivity (Wildman–Crippen MR) is 96.5 cm³/mol. The summed E-state index contributed by atoms with van der Waals surface area (Å²) in [5, 5.41) is 18.3.